The minimum Gasteiger partial charge on any atom is -0.490 e. The van der Waals surface area contributed by atoms with Crippen LogP contribution in [0.1, 0.15) is 24.5 Å². The molecule has 0 aliphatic carbocycles. The second-order valence-corrected chi connectivity index (χ2v) is 4.24. The van der Waals surface area contributed by atoms with Crippen LogP contribution in [-0.2, 0) is 12.6 Å². The Morgan fingerprint density at radius 2 is 2.00 bits per heavy atom. The Balaban J connectivity index is 3.01. The average molecular weight is 279 g/mol. The summed E-state index contributed by atoms with van der Waals surface area (Å²) >= 11 is 0. The van der Waals surface area contributed by atoms with Crippen molar-refractivity contribution in [3.05, 3.63) is 29.3 Å². The second-order valence-electron chi connectivity index (χ2n) is 4.24. The van der Waals surface area contributed by atoms with Crippen molar-refractivity contribution < 1.29 is 22.3 Å². The van der Waals surface area contributed by atoms with E-state index >= 15 is 0 Å². The van der Waals surface area contributed by atoms with Crippen molar-refractivity contribution in [3.63, 3.8) is 0 Å². The van der Waals surface area contributed by atoms with Crippen LogP contribution in [0, 0.1) is 0 Å². The van der Waals surface area contributed by atoms with Crippen LogP contribution in [0.2, 0.25) is 0 Å². The number of alkyl halides is 4. The summed E-state index contributed by atoms with van der Waals surface area (Å²) in [5.74, 6) is -0.348. The van der Waals surface area contributed by atoms with E-state index < -0.39 is 25.0 Å². The van der Waals surface area contributed by atoms with Gasteiger partial charge in [-0.2, -0.15) is 13.2 Å². The highest BCUT2D eigenvalue weighted by atomic mass is 19.4. The van der Waals surface area contributed by atoms with E-state index in [1.165, 1.54) is 12.1 Å². The summed E-state index contributed by atoms with van der Waals surface area (Å²) in [7, 11) is 0. The first-order valence-corrected chi connectivity index (χ1v) is 6.03. The maximum atomic E-state index is 12.9. The van der Waals surface area contributed by atoms with Gasteiger partial charge in [-0.25, -0.2) is 4.39 Å². The Labute approximate surface area is 109 Å². The molecule has 0 aromatic heterocycles. The molecule has 1 aromatic rings. The minimum atomic E-state index is -4.53. The monoisotopic (exact) mass is 279 g/mol. The molecule has 1 atom stereocenters. The van der Waals surface area contributed by atoms with Gasteiger partial charge in [-0.1, -0.05) is 13.0 Å². The zero-order chi connectivity index (χ0) is 14.5. The topological polar surface area (TPSA) is 35.2 Å². The summed E-state index contributed by atoms with van der Waals surface area (Å²) in [6, 6.07) is 3.58. The molecule has 0 aliphatic rings. The molecule has 0 heterocycles. The third kappa shape index (κ3) is 4.70. The lowest BCUT2D eigenvalue weighted by atomic mass is 10.0. The lowest BCUT2D eigenvalue weighted by molar-refractivity contribution is -0.139. The third-order valence-electron chi connectivity index (χ3n) is 2.71. The fourth-order valence-corrected chi connectivity index (χ4v) is 1.65. The highest BCUT2D eigenvalue weighted by Crippen LogP contribution is 2.37. The molecule has 108 valence electrons. The SMILES string of the molecule is CCC(N)Cc1ccc(OCCF)c(C(F)(F)F)c1. The van der Waals surface area contributed by atoms with Crippen molar-refractivity contribution in [2.45, 2.75) is 32.0 Å². The Hall–Kier alpha value is -1.30. The van der Waals surface area contributed by atoms with E-state index in [-0.39, 0.29) is 11.8 Å². The number of halogens is 4. The molecule has 0 fully saturated rings. The first kappa shape index (κ1) is 15.8. The predicted molar refractivity (Wildman–Crippen MR) is 64.9 cm³/mol. The molecule has 2 N–H and O–H groups in total. The number of hydrogen-bond donors (Lipinski definition) is 1. The molecule has 1 aromatic carbocycles. The smallest absolute Gasteiger partial charge is 0.419 e. The van der Waals surface area contributed by atoms with Crippen LogP contribution in [0.4, 0.5) is 17.6 Å². The Morgan fingerprint density at radius 3 is 2.53 bits per heavy atom. The Kier molecular flexibility index (Phi) is 5.60. The molecule has 1 unspecified atom stereocenters. The molecule has 6 heteroatoms. The van der Waals surface area contributed by atoms with Gasteiger partial charge >= 0.3 is 6.18 Å². The summed E-state index contributed by atoms with van der Waals surface area (Å²) < 4.78 is 55.4. The van der Waals surface area contributed by atoms with Gasteiger partial charge in [0.05, 0.1) is 5.56 Å². The Morgan fingerprint density at radius 1 is 1.32 bits per heavy atom. The fourth-order valence-electron chi connectivity index (χ4n) is 1.65. The van der Waals surface area contributed by atoms with Crippen LogP contribution in [0.3, 0.4) is 0 Å². The first-order chi connectivity index (χ1) is 8.88. The van der Waals surface area contributed by atoms with Gasteiger partial charge in [-0.3, -0.25) is 0 Å². The summed E-state index contributed by atoms with van der Waals surface area (Å²) in [6.07, 6.45) is -3.48. The fraction of sp³-hybridized carbons (Fsp3) is 0.538. The van der Waals surface area contributed by atoms with Gasteiger partial charge < -0.3 is 10.5 Å². The lowest BCUT2D eigenvalue weighted by Gasteiger charge is -2.16. The lowest BCUT2D eigenvalue weighted by Crippen LogP contribution is -2.21. The maximum Gasteiger partial charge on any atom is 0.419 e. The summed E-state index contributed by atoms with van der Waals surface area (Å²) in [5.41, 5.74) is 5.33. The third-order valence-corrected chi connectivity index (χ3v) is 2.71. The quantitative estimate of drug-likeness (QED) is 0.811. The maximum absolute atomic E-state index is 12.9. The second kappa shape index (κ2) is 6.75. The zero-order valence-electron chi connectivity index (χ0n) is 10.6. The summed E-state index contributed by atoms with van der Waals surface area (Å²) in [6.45, 7) is 0.644. The van der Waals surface area contributed by atoms with Gasteiger partial charge in [0.15, 0.2) is 0 Å². The van der Waals surface area contributed by atoms with Crippen molar-refractivity contribution in [3.8, 4) is 5.75 Å². The standard InChI is InChI=1S/C13H17F4NO/c1-2-10(18)7-9-3-4-12(19-6-5-14)11(8-9)13(15,16)17/h3-4,8,10H,2,5-7,18H2,1H3. The van der Waals surface area contributed by atoms with Crippen LogP contribution < -0.4 is 10.5 Å². The van der Waals surface area contributed by atoms with Crippen molar-refractivity contribution >= 4 is 0 Å². The van der Waals surface area contributed by atoms with Crippen molar-refractivity contribution in [1.82, 2.24) is 0 Å². The molecular formula is C13H17F4NO. The average Bonchev–Trinajstić information content (AvgIpc) is 2.35. The zero-order valence-corrected chi connectivity index (χ0v) is 10.6. The van der Waals surface area contributed by atoms with Crippen LogP contribution in [0.5, 0.6) is 5.75 Å². The van der Waals surface area contributed by atoms with E-state index in [1.54, 1.807) is 0 Å². The molecule has 0 aliphatic heterocycles. The minimum absolute atomic E-state index is 0.182. The number of rotatable bonds is 6. The van der Waals surface area contributed by atoms with E-state index in [9.17, 15) is 17.6 Å². The van der Waals surface area contributed by atoms with Crippen molar-refractivity contribution in [2.75, 3.05) is 13.3 Å². The highest BCUT2D eigenvalue weighted by Gasteiger charge is 2.34. The molecule has 0 spiro atoms. The first-order valence-electron chi connectivity index (χ1n) is 6.03. The summed E-state index contributed by atoms with van der Waals surface area (Å²) in [4.78, 5) is 0. The van der Waals surface area contributed by atoms with Gasteiger partial charge in [0.25, 0.3) is 0 Å². The molecule has 1 rings (SSSR count). The van der Waals surface area contributed by atoms with Crippen molar-refractivity contribution in [2.24, 2.45) is 5.73 Å². The van der Waals surface area contributed by atoms with Crippen LogP contribution >= 0.6 is 0 Å². The van der Waals surface area contributed by atoms with E-state index in [1.807, 2.05) is 6.92 Å². The Bertz CT molecular complexity index is 406. The molecule has 0 bridgehead atoms. The normalized spacial score (nSPS) is 13.4. The number of ether oxygens (including phenoxy) is 1. The largest absolute Gasteiger partial charge is 0.490 e. The van der Waals surface area contributed by atoms with Gasteiger partial charge in [-0.15, -0.1) is 0 Å². The molecule has 0 saturated heterocycles. The van der Waals surface area contributed by atoms with Gasteiger partial charge in [0.1, 0.15) is 19.0 Å². The van der Waals surface area contributed by atoms with Crippen LogP contribution in [0.25, 0.3) is 0 Å². The van der Waals surface area contributed by atoms with Gasteiger partial charge in [-0.05, 0) is 30.5 Å². The molecule has 0 radical (unpaired) electrons. The predicted octanol–water partition coefficient (Wildman–Crippen LogP) is 3.33. The van der Waals surface area contributed by atoms with Crippen LogP contribution in [-0.4, -0.2) is 19.3 Å². The molecule has 2 nitrogen and oxygen atoms in total. The van der Waals surface area contributed by atoms with E-state index in [2.05, 4.69) is 0 Å². The number of nitrogens with two attached hydrogens (primary N) is 1. The molecule has 0 saturated carbocycles. The van der Waals surface area contributed by atoms with Crippen molar-refractivity contribution in [1.29, 1.82) is 0 Å². The van der Waals surface area contributed by atoms with Gasteiger partial charge in [0.2, 0.25) is 0 Å². The number of benzene rings is 1. The van der Waals surface area contributed by atoms with Crippen LogP contribution in [0.15, 0.2) is 18.2 Å². The van der Waals surface area contributed by atoms with E-state index in [0.717, 1.165) is 6.07 Å². The number of hydrogen-bond acceptors (Lipinski definition) is 2. The summed E-state index contributed by atoms with van der Waals surface area (Å²) in [5, 5.41) is 0. The molecule has 0 amide bonds. The van der Waals surface area contributed by atoms with E-state index in [0.29, 0.717) is 18.4 Å². The molecule has 19 heavy (non-hydrogen) atoms. The highest BCUT2D eigenvalue weighted by molar-refractivity contribution is 5.39. The molecular weight excluding hydrogens is 262 g/mol. The van der Waals surface area contributed by atoms with E-state index in [4.69, 9.17) is 10.5 Å². The van der Waals surface area contributed by atoms with Gasteiger partial charge in [0, 0.05) is 6.04 Å².